The first kappa shape index (κ1) is 14.5. The smallest absolute Gasteiger partial charge is 0.304 e. The Morgan fingerprint density at radius 2 is 2.11 bits per heavy atom. The number of sulfonamides is 1. The first-order valence-electron chi connectivity index (χ1n) is 5.23. The number of methoxy groups -OCH3 is 1. The second-order valence-corrected chi connectivity index (χ2v) is 5.44. The maximum absolute atomic E-state index is 11.8. The van der Waals surface area contributed by atoms with Crippen molar-refractivity contribution >= 4 is 16.0 Å². The predicted molar refractivity (Wildman–Crippen MR) is 65.2 cm³/mol. The number of hydrogen-bond acceptors (Lipinski definition) is 4. The molecule has 0 aromatic heterocycles. The highest BCUT2D eigenvalue weighted by Gasteiger charge is 2.15. The van der Waals surface area contributed by atoms with Crippen molar-refractivity contribution in [2.75, 3.05) is 13.7 Å². The summed E-state index contributed by atoms with van der Waals surface area (Å²) in [5.74, 6) is -0.455. The van der Waals surface area contributed by atoms with Crippen LogP contribution in [0.1, 0.15) is 12.0 Å². The number of nitrogens with one attached hydrogen (secondary N) is 1. The lowest BCUT2D eigenvalue weighted by molar-refractivity contribution is -0.136. The molecule has 0 bridgehead atoms. The molecule has 1 aromatic rings. The highest BCUT2D eigenvalue weighted by Crippen LogP contribution is 2.21. The summed E-state index contributed by atoms with van der Waals surface area (Å²) < 4.78 is 30.9. The van der Waals surface area contributed by atoms with Crippen molar-refractivity contribution in [3.8, 4) is 5.75 Å². The maximum atomic E-state index is 11.8. The standard InChI is InChI=1S/C11H15NO5S/c1-8-7-9(3-4-10(8)17-2)18(15,16)12-6-5-11(13)14/h3-4,7,12H,5-6H2,1-2H3,(H,13,14). The van der Waals surface area contributed by atoms with Gasteiger partial charge in [-0.3, -0.25) is 4.79 Å². The third kappa shape index (κ3) is 3.71. The van der Waals surface area contributed by atoms with Crippen LogP contribution >= 0.6 is 0 Å². The number of hydrogen-bond donors (Lipinski definition) is 2. The van der Waals surface area contributed by atoms with E-state index in [1.54, 1.807) is 13.0 Å². The van der Waals surface area contributed by atoms with Gasteiger partial charge in [0.25, 0.3) is 0 Å². The summed E-state index contributed by atoms with van der Waals surface area (Å²) in [5, 5.41) is 8.44. The van der Waals surface area contributed by atoms with Gasteiger partial charge in [-0.1, -0.05) is 0 Å². The fraction of sp³-hybridized carbons (Fsp3) is 0.364. The summed E-state index contributed by atoms with van der Waals surface area (Å²) in [5.41, 5.74) is 0.693. The van der Waals surface area contributed by atoms with Gasteiger partial charge in [-0.15, -0.1) is 0 Å². The van der Waals surface area contributed by atoms with E-state index in [2.05, 4.69) is 4.72 Å². The van der Waals surface area contributed by atoms with Crippen LogP contribution in [0.3, 0.4) is 0 Å². The zero-order chi connectivity index (χ0) is 13.8. The summed E-state index contributed by atoms with van der Waals surface area (Å²) in [6.45, 7) is 1.60. The van der Waals surface area contributed by atoms with Crippen molar-refractivity contribution in [2.24, 2.45) is 0 Å². The minimum absolute atomic E-state index is 0.0891. The van der Waals surface area contributed by atoms with E-state index < -0.39 is 16.0 Å². The average molecular weight is 273 g/mol. The average Bonchev–Trinajstić information content (AvgIpc) is 2.28. The lowest BCUT2D eigenvalue weighted by atomic mass is 10.2. The van der Waals surface area contributed by atoms with Gasteiger partial charge in [-0.2, -0.15) is 0 Å². The van der Waals surface area contributed by atoms with E-state index in [1.165, 1.54) is 19.2 Å². The first-order valence-corrected chi connectivity index (χ1v) is 6.71. The normalized spacial score (nSPS) is 11.2. The SMILES string of the molecule is COc1ccc(S(=O)(=O)NCCC(=O)O)cc1C. The van der Waals surface area contributed by atoms with E-state index >= 15 is 0 Å². The molecule has 0 fully saturated rings. The van der Waals surface area contributed by atoms with Crippen LogP contribution < -0.4 is 9.46 Å². The number of aryl methyl sites for hydroxylation is 1. The summed E-state index contributed by atoms with van der Waals surface area (Å²) >= 11 is 0. The van der Waals surface area contributed by atoms with E-state index in [1.807, 2.05) is 0 Å². The molecule has 0 radical (unpaired) electrons. The van der Waals surface area contributed by atoms with E-state index in [9.17, 15) is 13.2 Å². The third-order valence-corrected chi connectivity index (χ3v) is 3.77. The van der Waals surface area contributed by atoms with E-state index in [4.69, 9.17) is 9.84 Å². The van der Waals surface area contributed by atoms with Gasteiger partial charge in [-0.25, -0.2) is 13.1 Å². The number of benzene rings is 1. The minimum Gasteiger partial charge on any atom is -0.496 e. The van der Waals surface area contributed by atoms with Crippen LogP contribution in [0.25, 0.3) is 0 Å². The molecule has 7 heteroatoms. The van der Waals surface area contributed by atoms with Gasteiger partial charge in [-0.05, 0) is 30.7 Å². The van der Waals surface area contributed by atoms with Crippen LogP contribution in [0.4, 0.5) is 0 Å². The van der Waals surface area contributed by atoms with Crippen molar-refractivity contribution in [3.63, 3.8) is 0 Å². The molecule has 0 spiro atoms. The summed E-state index contributed by atoms with van der Waals surface area (Å²) in [6, 6.07) is 4.44. The lowest BCUT2D eigenvalue weighted by Gasteiger charge is -2.09. The number of ether oxygens (including phenoxy) is 1. The number of aliphatic carboxylic acids is 1. The quantitative estimate of drug-likeness (QED) is 0.798. The van der Waals surface area contributed by atoms with Gasteiger partial charge >= 0.3 is 5.97 Å². The molecular formula is C11H15NO5S. The van der Waals surface area contributed by atoms with E-state index in [0.29, 0.717) is 11.3 Å². The Morgan fingerprint density at radius 1 is 1.44 bits per heavy atom. The van der Waals surface area contributed by atoms with Crippen molar-refractivity contribution in [1.29, 1.82) is 0 Å². The zero-order valence-electron chi connectivity index (χ0n) is 10.1. The van der Waals surface area contributed by atoms with Gasteiger partial charge in [0, 0.05) is 6.54 Å². The van der Waals surface area contributed by atoms with Crippen molar-refractivity contribution in [2.45, 2.75) is 18.2 Å². The lowest BCUT2D eigenvalue weighted by Crippen LogP contribution is -2.26. The minimum atomic E-state index is -3.67. The van der Waals surface area contributed by atoms with Gasteiger partial charge in [0.2, 0.25) is 10.0 Å². The molecule has 0 saturated heterocycles. The summed E-state index contributed by atoms with van der Waals surface area (Å²) in [7, 11) is -2.17. The van der Waals surface area contributed by atoms with Gasteiger partial charge in [0.15, 0.2) is 0 Å². The Kier molecular flexibility index (Phi) is 4.69. The molecule has 0 saturated carbocycles. The Balaban J connectivity index is 2.85. The number of carboxylic acids is 1. The molecule has 0 atom stereocenters. The molecule has 1 aromatic carbocycles. The topological polar surface area (TPSA) is 92.7 Å². The number of carbonyl (C=O) groups is 1. The third-order valence-electron chi connectivity index (χ3n) is 2.31. The highest BCUT2D eigenvalue weighted by atomic mass is 32.2. The Labute approximate surface area is 106 Å². The van der Waals surface area contributed by atoms with Gasteiger partial charge in [0.1, 0.15) is 5.75 Å². The Hall–Kier alpha value is -1.60. The molecule has 18 heavy (non-hydrogen) atoms. The van der Waals surface area contributed by atoms with Crippen LogP contribution in [0.15, 0.2) is 23.1 Å². The molecule has 1 rings (SSSR count). The van der Waals surface area contributed by atoms with E-state index in [-0.39, 0.29) is 17.9 Å². The second-order valence-electron chi connectivity index (χ2n) is 3.67. The van der Waals surface area contributed by atoms with Crippen LogP contribution in [0, 0.1) is 6.92 Å². The molecule has 0 heterocycles. The van der Waals surface area contributed by atoms with Crippen LogP contribution in [0.5, 0.6) is 5.75 Å². The monoisotopic (exact) mass is 273 g/mol. The maximum Gasteiger partial charge on any atom is 0.304 e. The number of carboxylic acid groups (broad SMARTS) is 1. The van der Waals surface area contributed by atoms with Crippen LogP contribution in [-0.4, -0.2) is 33.1 Å². The fourth-order valence-electron chi connectivity index (χ4n) is 1.39. The van der Waals surface area contributed by atoms with Crippen molar-refractivity contribution < 1.29 is 23.1 Å². The fourth-order valence-corrected chi connectivity index (χ4v) is 2.51. The highest BCUT2D eigenvalue weighted by molar-refractivity contribution is 7.89. The molecule has 0 aliphatic carbocycles. The second kappa shape index (κ2) is 5.83. The van der Waals surface area contributed by atoms with Crippen LogP contribution in [0.2, 0.25) is 0 Å². The largest absolute Gasteiger partial charge is 0.496 e. The molecule has 0 aliphatic rings. The molecule has 0 aliphatic heterocycles. The molecular weight excluding hydrogens is 258 g/mol. The molecule has 6 nitrogen and oxygen atoms in total. The van der Waals surface area contributed by atoms with Crippen LogP contribution in [-0.2, 0) is 14.8 Å². The zero-order valence-corrected chi connectivity index (χ0v) is 11.0. The Bertz CT molecular complexity index is 538. The Morgan fingerprint density at radius 3 is 2.61 bits per heavy atom. The molecule has 0 amide bonds. The molecule has 2 N–H and O–H groups in total. The van der Waals surface area contributed by atoms with Gasteiger partial charge < -0.3 is 9.84 Å². The summed E-state index contributed by atoms with van der Waals surface area (Å²) in [4.78, 5) is 10.4. The van der Waals surface area contributed by atoms with Crippen molar-refractivity contribution in [1.82, 2.24) is 4.72 Å². The van der Waals surface area contributed by atoms with Gasteiger partial charge in [0.05, 0.1) is 18.4 Å². The summed E-state index contributed by atoms with van der Waals surface area (Å²) in [6.07, 6.45) is -0.256. The first-order chi connectivity index (χ1) is 8.36. The van der Waals surface area contributed by atoms with Crippen molar-refractivity contribution in [3.05, 3.63) is 23.8 Å². The molecule has 0 unspecified atom stereocenters. The number of rotatable bonds is 6. The van der Waals surface area contributed by atoms with E-state index in [0.717, 1.165) is 0 Å². The predicted octanol–water partition coefficient (Wildman–Crippen LogP) is 0.757. The molecule has 100 valence electrons.